The molecule has 0 spiro atoms. The van der Waals surface area contributed by atoms with Crippen LogP contribution in [0, 0.1) is 5.92 Å². The van der Waals surface area contributed by atoms with Crippen molar-refractivity contribution in [1.29, 1.82) is 0 Å². The zero-order valence-corrected chi connectivity index (χ0v) is 9.69. The van der Waals surface area contributed by atoms with Crippen LogP contribution in [0.25, 0.3) is 0 Å². The number of hydrogen-bond acceptors (Lipinski definition) is 3. The first-order valence-corrected chi connectivity index (χ1v) is 5.74. The summed E-state index contributed by atoms with van der Waals surface area (Å²) in [5.41, 5.74) is 2.85. The summed E-state index contributed by atoms with van der Waals surface area (Å²) < 4.78 is 0. The molecule has 0 saturated carbocycles. The van der Waals surface area contributed by atoms with Gasteiger partial charge in [-0.1, -0.05) is 6.92 Å². The molecule has 5 nitrogen and oxygen atoms in total. The average Bonchev–Trinajstić information content (AvgIpc) is 2.58. The summed E-state index contributed by atoms with van der Waals surface area (Å²) in [6.45, 7) is 5.00. The number of amides is 2. The van der Waals surface area contributed by atoms with Crippen LogP contribution in [0.1, 0.15) is 33.1 Å². The zero-order chi connectivity index (χ0) is 11.7. The highest BCUT2D eigenvalue weighted by atomic mass is 16.2. The van der Waals surface area contributed by atoms with Crippen LogP contribution in [-0.2, 0) is 9.59 Å². The van der Waals surface area contributed by atoms with Crippen molar-refractivity contribution in [2.45, 2.75) is 39.2 Å². The molecule has 2 aliphatic heterocycles. The Balaban J connectivity index is 2.05. The van der Waals surface area contributed by atoms with E-state index in [1.807, 2.05) is 4.90 Å². The lowest BCUT2D eigenvalue weighted by atomic mass is 10.1. The Morgan fingerprint density at radius 1 is 1.44 bits per heavy atom. The number of likely N-dealkylation sites (tertiary alicyclic amines) is 1. The van der Waals surface area contributed by atoms with Crippen LogP contribution >= 0.6 is 0 Å². The van der Waals surface area contributed by atoms with Crippen molar-refractivity contribution in [3.05, 3.63) is 0 Å². The molecule has 0 aromatic heterocycles. The molecule has 88 valence electrons. The third-order valence-electron chi connectivity index (χ3n) is 3.20. The van der Waals surface area contributed by atoms with E-state index in [-0.39, 0.29) is 17.9 Å². The molecule has 2 atom stereocenters. The molecule has 1 N–H and O–H groups in total. The largest absolute Gasteiger partial charge is 0.335 e. The number of nitrogens with zero attached hydrogens (tertiary/aromatic N) is 2. The number of hydrazone groups is 1. The van der Waals surface area contributed by atoms with Crippen molar-refractivity contribution in [3.63, 3.8) is 0 Å². The van der Waals surface area contributed by atoms with Gasteiger partial charge in [0.1, 0.15) is 5.71 Å². The van der Waals surface area contributed by atoms with Crippen molar-refractivity contribution in [3.8, 4) is 0 Å². The molecular formula is C11H17N3O2. The molecule has 0 aliphatic carbocycles. The fraction of sp³-hybridized carbons (Fsp3) is 0.727. The number of carbonyl (C=O) groups is 2. The van der Waals surface area contributed by atoms with Crippen LogP contribution in [0.2, 0.25) is 0 Å². The SMILES string of the molecule is CC1CC(C)N(C(=O)C2=NNC(=O)CC2)C1. The molecule has 16 heavy (non-hydrogen) atoms. The highest BCUT2D eigenvalue weighted by Crippen LogP contribution is 2.23. The first-order valence-electron chi connectivity index (χ1n) is 5.74. The maximum absolute atomic E-state index is 12.1. The Labute approximate surface area is 94.9 Å². The Morgan fingerprint density at radius 2 is 2.19 bits per heavy atom. The third kappa shape index (κ3) is 2.08. The topological polar surface area (TPSA) is 61.8 Å². The van der Waals surface area contributed by atoms with E-state index in [0.29, 0.717) is 24.5 Å². The van der Waals surface area contributed by atoms with E-state index in [1.54, 1.807) is 0 Å². The summed E-state index contributed by atoms with van der Waals surface area (Å²) in [6, 6.07) is 0.280. The van der Waals surface area contributed by atoms with Crippen molar-refractivity contribution < 1.29 is 9.59 Å². The van der Waals surface area contributed by atoms with E-state index in [4.69, 9.17) is 0 Å². The lowest BCUT2D eigenvalue weighted by Gasteiger charge is -2.23. The van der Waals surface area contributed by atoms with E-state index in [0.717, 1.165) is 13.0 Å². The van der Waals surface area contributed by atoms with Crippen molar-refractivity contribution in [2.24, 2.45) is 11.0 Å². The van der Waals surface area contributed by atoms with E-state index in [1.165, 1.54) is 0 Å². The van der Waals surface area contributed by atoms with Crippen molar-refractivity contribution >= 4 is 17.5 Å². The van der Waals surface area contributed by atoms with Crippen LogP contribution < -0.4 is 5.43 Å². The average molecular weight is 223 g/mol. The summed E-state index contributed by atoms with van der Waals surface area (Å²) in [7, 11) is 0. The van der Waals surface area contributed by atoms with Gasteiger partial charge in [0.25, 0.3) is 5.91 Å². The predicted molar refractivity (Wildman–Crippen MR) is 59.8 cm³/mol. The van der Waals surface area contributed by atoms with Crippen LogP contribution in [0.4, 0.5) is 0 Å². The van der Waals surface area contributed by atoms with Gasteiger partial charge in [0.2, 0.25) is 5.91 Å². The quantitative estimate of drug-likeness (QED) is 0.704. The molecule has 2 amide bonds. The maximum Gasteiger partial charge on any atom is 0.270 e. The van der Waals surface area contributed by atoms with E-state index in [2.05, 4.69) is 24.4 Å². The first kappa shape index (κ1) is 11.1. The molecule has 2 aliphatic rings. The minimum Gasteiger partial charge on any atom is -0.335 e. The molecule has 1 fully saturated rings. The second-order valence-electron chi connectivity index (χ2n) is 4.74. The standard InChI is InChI=1S/C11H17N3O2/c1-7-5-8(2)14(6-7)11(16)9-3-4-10(15)13-12-9/h7-8H,3-6H2,1-2H3,(H,13,15). The highest BCUT2D eigenvalue weighted by molar-refractivity contribution is 6.39. The summed E-state index contributed by atoms with van der Waals surface area (Å²) in [6.07, 6.45) is 1.87. The van der Waals surface area contributed by atoms with Crippen LogP contribution in [0.5, 0.6) is 0 Å². The van der Waals surface area contributed by atoms with Crippen LogP contribution in [-0.4, -0.2) is 35.0 Å². The fourth-order valence-electron chi connectivity index (χ4n) is 2.38. The van der Waals surface area contributed by atoms with Gasteiger partial charge >= 0.3 is 0 Å². The van der Waals surface area contributed by atoms with E-state index in [9.17, 15) is 9.59 Å². The minimum atomic E-state index is -0.112. The number of rotatable bonds is 1. The van der Waals surface area contributed by atoms with Gasteiger partial charge in [0.05, 0.1) is 0 Å². The van der Waals surface area contributed by atoms with Gasteiger partial charge in [-0.05, 0) is 19.3 Å². The molecule has 0 bridgehead atoms. The van der Waals surface area contributed by atoms with Gasteiger partial charge in [-0.2, -0.15) is 5.10 Å². The van der Waals surface area contributed by atoms with Crippen molar-refractivity contribution in [1.82, 2.24) is 10.3 Å². The van der Waals surface area contributed by atoms with Gasteiger partial charge < -0.3 is 4.90 Å². The molecule has 1 saturated heterocycles. The van der Waals surface area contributed by atoms with Crippen molar-refractivity contribution in [2.75, 3.05) is 6.54 Å². The highest BCUT2D eigenvalue weighted by Gasteiger charge is 2.33. The molecule has 0 radical (unpaired) electrons. The Hall–Kier alpha value is -1.39. The minimum absolute atomic E-state index is 0.0168. The van der Waals surface area contributed by atoms with Gasteiger partial charge in [-0.15, -0.1) is 0 Å². The molecule has 0 aromatic carbocycles. The Bertz CT molecular complexity index is 351. The summed E-state index contributed by atoms with van der Waals surface area (Å²) >= 11 is 0. The van der Waals surface area contributed by atoms with Gasteiger partial charge in [0.15, 0.2) is 0 Å². The normalized spacial score (nSPS) is 30.0. The number of hydrogen-bond donors (Lipinski definition) is 1. The summed E-state index contributed by atoms with van der Waals surface area (Å²) in [5, 5.41) is 3.84. The molecule has 2 unspecified atom stereocenters. The van der Waals surface area contributed by atoms with Gasteiger partial charge in [-0.3, -0.25) is 9.59 Å². The second kappa shape index (κ2) is 4.23. The van der Waals surface area contributed by atoms with Crippen LogP contribution in [0.3, 0.4) is 0 Å². The number of nitrogens with one attached hydrogen (secondary N) is 1. The monoisotopic (exact) mass is 223 g/mol. The fourth-order valence-corrected chi connectivity index (χ4v) is 2.38. The van der Waals surface area contributed by atoms with Gasteiger partial charge in [0, 0.05) is 25.4 Å². The first-order chi connectivity index (χ1) is 7.58. The number of carbonyl (C=O) groups excluding carboxylic acids is 2. The Kier molecular flexibility index (Phi) is 2.94. The molecular weight excluding hydrogens is 206 g/mol. The second-order valence-corrected chi connectivity index (χ2v) is 4.74. The lowest BCUT2D eigenvalue weighted by molar-refractivity contribution is -0.125. The molecule has 0 aromatic rings. The summed E-state index contributed by atoms with van der Waals surface area (Å²) in [4.78, 5) is 24.9. The zero-order valence-electron chi connectivity index (χ0n) is 9.69. The van der Waals surface area contributed by atoms with E-state index >= 15 is 0 Å². The Morgan fingerprint density at radius 3 is 2.69 bits per heavy atom. The van der Waals surface area contributed by atoms with Gasteiger partial charge in [-0.25, -0.2) is 5.43 Å². The molecule has 2 rings (SSSR count). The molecule has 5 heteroatoms. The van der Waals surface area contributed by atoms with Crippen LogP contribution in [0.15, 0.2) is 5.10 Å². The smallest absolute Gasteiger partial charge is 0.270 e. The maximum atomic E-state index is 12.1. The predicted octanol–water partition coefficient (Wildman–Crippen LogP) is 0.509. The summed E-state index contributed by atoms with van der Waals surface area (Å²) in [5.74, 6) is 0.425. The lowest BCUT2D eigenvalue weighted by Crippen LogP contribution is -2.41. The van der Waals surface area contributed by atoms with E-state index < -0.39 is 0 Å². The third-order valence-corrected chi connectivity index (χ3v) is 3.20. The molecule has 2 heterocycles.